The normalized spacial score (nSPS) is 28.2. The maximum absolute atomic E-state index is 11.0. The molecule has 2 unspecified atom stereocenters. The Labute approximate surface area is 127 Å². The monoisotopic (exact) mass is 283 g/mol. The number of aryl methyl sites for hydroxylation is 1. The first-order valence-corrected chi connectivity index (χ1v) is 8.41. The van der Waals surface area contributed by atoms with Crippen molar-refractivity contribution in [3.8, 4) is 6.07 Å². The largest absolute Gasteiger partial charge is 0.391 e. The Morgan fingerprint density at radius 1 is 1.10 bits per heavy atom. The molecule has 0 bridgehead atoms. The predicted octanol–water partition coefficient (Wildman–Crippen LogP) is 4.02. The molecule has 0 aromatic heterocycles. The van der Waals surface area contributed by atoms with Crippen LogP contribution in [-0.2, 0) is 12.8 Å². The second-order valence-corrected chi connectivity index (χ2v) is 6.91. The third kappa shape index (κ3) is 2.85. The summed E-state index contributed by atoms with van der Waals surface area (Å²) in [6.45, 7) is 0. The maximum atomic E-state index is 11.0. The first-order chi connectivity index (χ1) is 10.2. The van der Waals surface area contributed by atoms with Crippen LogP contribution >= 0.6 is 0 Å². The van der Waals surface area contributed by atoms with Crippen molar-refractivity contribution in [2.45, 2.75) is 63.9 Å². The molecule has 3 rings (SSSR count). The summed E-state index contributed by atoms with van der Waals surface area (Å²) in [7, 11) is 0. The van der Waals surface area contributed by atoms with E-state index in [2.05, 4.69) is 24.3 Å². The van der Waals surface area contributed by atoms with E-state index in [4.69, 9.17) is 0 Å². The molecular weight excluding hydrogens is 258 g/mol. The van der Waals surface area contributed by atoms with Crippen LogP contribution in [0.1, 0.15) is 56.1 Å². The zero-order valence-electron chi connectivity index (χ0n) is 12.7. The first kappa shape index (κ1) is 14.6. The quantitative estimate of drug-likeness (QED) is 0.833. The van der Waals surface area contributed by atoms with Crippen LogP contribution in [0, 0.1) is 22.7 Å². The van der Waals surface area contributed by atoms with Crippen molar-refractivity contribution in [1.82, 2.24) is 0 Å². The second-order valence-electron chi connectivity index (χ2n) is 6.91. The highest BCUT2D eigenvalue weighted by Gasteiger charge is 2.44. The van der Waals surface area contributed by atoms with Gasteiger partial charge in [-0.2, -0.15) is 5.26 Å². The number of fused-ring (bicyclic) bond motifs is 1. The fourth-order valence-electron chi connectivity index (χ4n) is 4.25. The summed E-state index contributed by atoms with van der Waals surface area (Å²) in [6.07, 6.45) is 9.15. The van der Waals surface area contributed by atoms with E-state index < -0.39 is 11.5 Å². The van der Waals surface area contributed by atoms with Crippen LogP contribution in [0.3, 0.4) is 0 Å². The molecule has 1 aromatic rings. The number of hydrogen-bond acceptors (Lipinski definition) is 2. The second kappa shape index (κ2) is 6.20. The van der Waals surface area contributed by atoms with Gasteiger partial charge in [-0.3, -0.25) is 0 Å². The van der Waals surface area contributed by atoms with E-state index in [0.717, 1.165) is 32.1 Å². The van der Waals surface area contributed by atoms with Gasteiger partial charge in [-0.05, 0) is 49.1 Å². The fraction of sp³-hybridized carbons (Fsp3) is 0.632. The van der Waals surface area contributed by atoms with E-state index in [1.165, 1.54) is 36.8 Å². The summed E-state index contributed by atoms with van der Waals surface area (Å²) in [4.78, 5) is 0. The molecule has 2 nitrogen and oxygen atoms in total. The minimum Gasteiger partial charge on any atom is -0.391 e. The van der Waals surface area contributed by atoms with Gasteiger partial charge in [0.1, 0.15) is 0 Å². The molecule has 2 aliphatic carbocycles. The highest BCUT2D eigenvalue weighted by molar-refractivity contribution is 5.33. The molecule has 0 heterocycles. The van der Waals surface area contributed by atoms with Gasteiger partial charge in [0.15, 0.2) is 0 Å². The lowest BCUT2D eigenvalue weighted by Gasteiger charge is -2.39. The Bertz CT molecular complexity index is 525. The average Bonchev–Trinajstić information content (AvgIpc) is 2.82. The Morgan fingerprint density at radius 2 is 1.76 bits per heavy atom. The molecule has 0 aliphatic heterocycles. The van der Waals surface area contributed by atoms with Crippen molar-refractivity contribution >= 4 is 0 Å². The zero-order valence-corrected chi connectivity index (χ0v) is 12.7. The number of rotatable bonds is 2. The van der Waals surface area contributed by atoms with Crippen molar-refractivity contribution in [3.63, 3.8) is 0 Å². The summed E-state index contributed by atoms with van der Waals surface area (Å²) in [5.74, 6) is 0.317. The Hall–Kier alpha value is -1.33. The standard InChI is InChI=1S/C19H25NO/c20-14-19(18(21)16-8-3-1-2-4-9-16)12-11-15-7-5-6-10-17(15)13-19/h5-7,10,16,18,21H,1-4,8-9,11-13H2. The lowest BCUT2D eigenvalue weighted by molar-refractivity contribution is -0.000541. The van der Waals surface area contributed by atoms with Crippen LogP contribution in [0.15, 0.2) is 24.3 Å². The molecule has 0 saturated heterocycles. The molecule has 1 saturated carbocycles. The minimum absolute atomic E-state index is 0.317. The van der Waals surface area contributed by atoms with E-state index in [0.29, 0.717) is 5.92 Å². The predicted molar refractivity (Wildman–Crippen MR) is 83.7 cm³/mol. The molecule has 1 aromatic carbocycles. The van der Waals surface area contributed by atoms with Gasteiger partial charge in [-0.1, -0.05) is 49.9 Å². The minimum atomic E-state index is -0.566. The number of nitriles is 1. The summed E-state index contributed by atoms with van der Waals surface area (Å²) >= 11 is 0. The van der Waals surface area contributed by atoms with Gasteiger partial charge in [0.25, 0.3) is 0 Å². The average molecular weight is 283 g/mol. The smallest absolute Gasteiger partial charge is 0.0878 e. The lowest BCUT2D eigenvalue weighted by atomic mass is 9.65. The van der Waals surface area contributed by atoms with Crippen molar-refractivity contribution in [1.29, 1.82) is 5.26 Å². The summed E-state index contributed by atoms with van der Waals surface area (Å²) in [5.41, 5.74) is 2.05. The molecular formula is C19H25NO. The van der Waals surface area contributed by atoms with Crippen molar-refractivity contribution in [3.05, 3.63) is 35.4 Å². The van der Waals surface area contributed by atoms with Gasteiger partial charge in [-0.25, -0.2) is 0 Å². The van der Waals surface area contributed by atoms with Gasteiger partial charge < -0.3 is 5.11 Å². The molecule has 0 amide bonds. The van der Waals surface area contributed by atoms with E-state index in [-0.39, 0.29) is 0 Å². The number of benzene rings is 1. The third-order valence-corrected chi connectivity index (χ3v) is 5.60. The summed E-state index contributed by atoms with van der Waals surface area (Å²) in [5, 5.41) is 20.8. The van der Waals surface area contributed by atoms with E-state index >= 15 is 0 Å². The number of nitrogens with zero attached hydrogens (tertiary/aromatic N) is 1. The molecule has 1 N–H and O–H groups in total. The van der Waals surface area contributed by atoms with Crippen LogP contribution in [0.4, 0.5) is 0 Å². The molecule has 2 atom stereocenters. The molecule has 1 fully saturated rings. The van der Waals surface area contributed by atoms with Crippen LogP contribution in [0.5, 0.6) is 0 Å². The maximum Gasteiger partial charge on any atom is 0.0878 e. The third-order valence-electron chi connectivity index (χ3n) is 5.60. The Kier molecular flexibility index (Phi) is 4.31. The highest BCUT2D eigenvalue weighted by Crippen LogP contribution is 2.43. The zero-order chi connectivity index (χ0) is 14.7. The molecule has 2 heteroatoms. The molecule has 112 valence electrons. The van der Waals surface area contributed by atoms with Gasteiger partial charge >= 0.3 is 0 Å². The lowest BCUT2D eigenvalue weighted by Crippen LogP contribution is -2.43. The SMILES string of the molecule is N#CC1(C(O)C2CCCCCC2)CCc2ccccc2C1. The molecule has 21 heavy (non-hydrogen) atoms. The summed E-state index contributed by atoms with van der Waals surface area (Å²) < 4.78 is 0. The number of aliphatic hydroxyl groups is 1. The fourth-order valence-corrected chi connectivity index (χ4v) is 4.25. The molecule has 2 aliphatic rings. The van der Waals surface area contributed by atoms with E-state index in [9.17, 15) is 10.4 Å². The van der Waals surface area contributed by atoms with E-state index in [1.807, 2.05) is 6.07 Å². The van der Waals surface area contributed by atoms with Crippen LogP contribution in [0.2, 0.25) is 0 Å². The van der Waals surface area contributed by atoms with Gasteiger partial charge in [0.05, 0.1) is 17.6 Å². The Balaban J connectivity index is 1.82. The molecule has 0 spiro atoms. The molecule has 0 radical (unpaired) electrons. The van der Waals surface area contributed by atoms with E-state index in [1.54, 1.807) is 0 Å². The summed E-state index contributed by atoms with van der Waals surface area (Å²) in [6, 6.07) is 10.9. The number of aliphatic hydroxyl groups excluding tert-OH is 1. The van der Waals surface area contributed by atoms with Crippen molar-refractivity contribution in [2.24, 2.45) is 11.3 Å². The highest BCUT2D eigenvalue weighted by atomic mass is 16.3. The van der Waals surface area contributed by atoms with Gasteiger partial charge in [0, 0.05) is 0 Å². The number of hydrogen-bond donors (Lipinski definition) is 1. The van der Waals surface area contributed by atoms with Gasteiger partial charge in [-0.15, -0.1) is 0 Å². The Morgan fingerprint density at radius 3 is 2.43 bits per heavy atom. The topological polar surface area (TPSA) is 44.0 Å². The van der Waals surface area contributed by atoms with Crippen molar-refractivity contribution in [2.75, 3.05) is 0 Å². The first-order valence-electron chi connectivity index (χ1n) is 8.41. The van der Waals surface area contributed by atoms with Crippen molar-refractivity contribution < 1.29 is 5.11 Å². The van der Waals surface area contributed by atoms with Crippen LogP contribution in [-0.4, -0.2) is 11.2 Å². The van der Waals surface area contributed by atoms with Crippen LogP contribution in [0.25, 0.3) is 0 Å². The van der Waals surface area contributed by atoms with Gasteiger partial charge in [0.2, 0.25) is 0 Å². The van der Waals surface area contributed by atoms with Crippen LogP contribution < -0.4 is 0 Å².